The lowest BCUT2D eigenvalue weighted by Crippen LogP contribution is -2.45. The number of anilines is 1. The Kier molecular flexibility index (Phi) is 3.65. The van der Waals surface area contributed by atoms with Gasteiger partial charge in [0, 0.05) is 16.3 Å². The van der Waals surface area contributed by atoms with Crippen molar-refractivity contribution in [2.75, 3.05) is 11.9 Å². The summed E-state index contributed by atoms with van der Waals surface area (Å²) in [6, 6.07) is 4.22. The van der Waals surface area contributed by atoms with Gasteiger partial charge in [-0.05, 0) is 103 Å². The van der Waals surface area contributed by atoms with Crippen molar-refractivity contribution in [3.8, 4) is 0 Å². The van der Waals surface area contributed by atoms with Gasteiger partial charge in [0.1, 0.15) is 5.82 Å². The summed E-state index contributed by atoms with van der Waals surface area (Å²) >= 11 is 2.30. The molecule has 3 heteroatoms. The molecule has 20 heavy (non-hydrogen) atoms. The monoisotopic (exact) mass is 382 g/mol. The van der Waals surface area contributed by atoms with Crippen LogP contribution in [0.4, 0.5) is 5.82 Å². The number of pyridine rings is 1. The van der Waals surface area contributed by atoms with E-state index in [1.54, 1.807) is 32.1 Å². The number of nitrogens with zero attached hydrogens (tertiary/aromatic N) is 1. The van der Waals surface area contributed by atoms with Crippen LogP contribution in [0, 0.1) is 33.2 Å². The van der Waals surface area contributed by atoms with Crippen LogP contribution in [-0.4, -0.2) is 11.5 Å². The summed E-state index contributed by atoms with van der Waals surface area (Å²) in [5, 5.41) is 3.52. The van der Waals surface area contributed by atoms with Crippen molar-refractivity contribution in [3.05, 3.63) is 21.9 Å². The van der Waals surface area contributed by atoms with E-state index in [2.05, 4.69) is 45.0 Å². The molecular weight excluding hydrogens is 359 g/mol. The number of hydrogen-bond donors (Lipinski definition) is 1. The predicted octanol–water partition coefficient (Wildman–Crippen LogP) is 4.56. The van der Waals surface area contributed by atoms with Gasteiger partial charge in [-0.15, -0.1) is 0 Å². The van der Waals surface area contributed by atoms with Gasteiger partial charge in [-0.25, -0.2) is 4.98 Å². The van der Waals surface area contributed by atoms with Crippen molar-refractivity contribution in [3.63, 3.8) is 0 Å². The number of halogens is 1. The van der Waals surface area contributed by atoms with Crippen molar-refractivity contribution < 1.29 is 0 Å². The Bertz CT molecular complexity index is 442. The molecule has 4 aliphatic rings. The molecule has 0 atom stereocenters. The average molecular weight is 382 g/mol. The molecule has 0 unspecified atom stereocenters. The van der Waals surface area contributed by atoms with Crippen molar-refractivity contribution in [1.29, 1.82) is 0 Å². The second-order valence-corrected chi connectivity index (χ2v) is 8.42. The van der Waals surface area contributed by atoms with Crippen LogP contribution in [0.5, 0.6) is 0 Å². The summed E-state index contributed by atoms with van der Waals surface area (Å²) in [6.45, 7) is 1.10. The molecule has 0 spiro atoms. The van der Waals surface area contributed by atoms with Crippen LogP contribution < -0.4 is 5.32 Å². The molecule has 108 valence electrons. The number of hydrogen-bond acceptors (Lipinski definition) is 2. The van der Waals surface area contributed by atoms with Crippen LogP contribution >= 0.6 is 22.6 Å². The van der Waals surface area contributed by atoms with Gasteiger partial charge in [0.15, 0.2) is 0 Å². The lowest BCUT2D eigenvalue weighted by Gasteiger charge is -2.54. The van der Waals surface area contributed by atoms with Gasteiger partial charge in [0.25, 0.3) is 0 Å². The molecule has 5 rings (SSSR count). The Balaban J connectivity index is 1.32. The minimum atomic E-state index is 0.999. The van der Waals surface area contributed by atoms with Crippen molar-refractivity contribution in [2.45, 2.75) is 38.5 Å². The van der Waals surface area contributed by atoms with Crippen LogP contribution in [0.1, 0.15) is 38.5 Å². The van der Waals surface area contributed by atoms with Gasteiger partial charge in [-0.3, -0.25) is 0 Å². The van der Waals surface area contributed by atoms with Gasteiger partial charge < -0.3 is 5.32 Å². The SMILES string of the molecule is Ic1ccc(NCCC2C3CC4CC(C3)CC2C4)nc1. The van der Waals surface area contributed by atoms with E-state index in [4.69, 9.17) is 0 Å². The van der Waals surface area contributed by atoms with Crippen molar-refractivity contribution in [2.24, 2.45) is 29.6 Å². The first-order chi connectivity index (χ1) is 9.78. The van der Waals surface area contributed by atoms with Crippen molar-refractivity contribution in [1.82, 2.24) is 4.98 Å². The zero-order valence-corrected chi connectivity index (χ0v) is 14.1. The van der Waals surface area contributed by atoms with E-state index in [0.717, 1.165) is 42.0 Å². The van der Waals surface area contributed by atoms with Gasteiger partial charge in [0.05, 0.1) is 0 Å². The third-order valence-corrected chi connectivity index (χ3v) is 6.57. The highest BCUT2D eigenvalue weighted by Gasteiger charge is 2.47. The van der Waals surface area contributed by atoms with Gasteiger partial charge in [-0.1, -0.05) is 0 Å². The molecule has 0 aromatic carbocycles. The Labute approximate surface area is 135 Å². The first-order valence-electron chi connectivity index (χ1n) is 8.13. The quantitative estimate of drug-likeness (QED) is 0.773. The van der Waals surface area contributed by atoms with E-state index in [1.165, 1.54) is 9.99 Å². The molecule has 1 heterocycles. The number of nitrogens with one attached hydrogen (secondary N) is 1. The predicted molar refractivity (Wildman–Crippen MR) is 90.6 cm³/mol. The summed E-state index contributed by atoms with van der Waals surface area (Å²) < 4.78 is 1.20. The maximum Gasteiger partial charge on any atom is 0.125 e. The van der Waals surface area contributed by atoms with Crippen LogP contribution in [-0.2, 0) is 0 Å². The summed E-state index contributed by atoms with van der Waals surface area (Å²) in [7, 11) is 0. The zero-order chi connectivity index (χ0) is 13.5. The molecule has 0 saturated heterocycles. The Morgan fingerprint density at radius 3 is 2.35 bits per heavy atom. The van der Waals surface area contributed by atoms with E-state index in [-0.39, 0.29) is 0 Å². The van der Waals surface area contributed by atoms with E-state index >= 15 is 0 Å². The average Bonchev–Trinajstić information content (AvgIpc) is 2.43. The maximum absolute atomic E-state index is 4.43. The van der Waals surface area contributed by atoms with Gasteiger partial charge >= 0.3 is 0 Å². The number of aromatic nitrogens is 1. The summed E-state index contributed by atoms with van der Waals surface area (Å²) in [5.74, 6) is 6.34. The second-order valence-electron chi connectivity index (χ2n) is 7.17. The molecule has 0 amide bonds. The molecule has 2 nitrogen and oxygen atoms in total. The fraction of sp³-hybridized carbons (Fsp3) is 0.706. The smallest absolute Gasteiger partial charge is 0.125 e. The van der Waals surface area contributed by atoms with Crippen LogP contribution in [0.15, 0.2) is 18.3 Å². The normalized spacial score (nSPS) is 38.1. The number of rotatable bonds is 4. The standard InChI is InChI=1S/C17H23IN2/c18-15-1-2-17(20-10-15)19-4-3-16-13-6-11-5-12(8-13)9-14(16)7-11/h1-2,10-14,16H,3-9H2,(H,19,20). The third-order valence-electron chi connectivity index (χ3n) is 5.93. The maximum atomic E-state index is 4.43. The first-order valence-corrected chi connectivity index (χ1v) is 9.21. The van der Waals surface area contributed by atoms with E-state index < -0.39 is 0 Å². The Morgan fingerprint density at radius 1 is 1.05 bits per heavy atom. The summed E-state index contributed by atoms with van der Waals surface area (Å²) in [4.78, 5) is 4.43. The molecule has 0 aliphatic heterocycles. The van der Waals surface area contributed by atoms with E-state index in [9.17, 15) is 0 Å². The fourth-order valence-electron chi connectivity index (χ4n) is 5.36. The highest BCUT2D eigenvalue weighted by molar-refractivity contribution is 14.1. The van der Waals surface area contributed by atoms with Crippen molar-refractivity contribution >= 4 is 28.4 Å². The Hall–Kier alpha value is -0.320. The lowest BCUT2D eigenvalue weighted by molar-refractivity contribution is -0.0381. The largest absolute Gasteiger partial charge is 0.370 e. The summed E-state index contributed by atoms with van der Waals surface area (Å²) in [6.07, 6.45) is 11.0. The van der Waals surface area contributed by atoms with Gasteiger partial charge in [-0.2, -0.15) is 0 Å². The Morgan fingerprint density at radius 2 is 1.75 bits per heavy atom. The molecule has 1 aromatic heterocycles. The fourth-order valence-corrected chi connectivity index (χ4v) is 5.68. The highest BCUT2D eigenvalue weighted by Crippen LogP contribution is 2.57. The molecule has 1 aromatic rings. The second kappa shape index (κ2) is 5.47. The van der Waals surface area contributed by atoms with Crippen LogP contribution in [0.25, 0.3) is 0 Å². The molecule has 1 N–H and O–H groups in total. The minimum Gasteiger partial charge on any atom is -0.370 e. The van der Waals surface area contributed by atoms with E-state index in [1.807, 2.05) is 6.20 Å². The van der Waals surface area contributed by atoms with E-state index in [0.29, 0.717) is 0 Å². The molecule has 4 saturated carbocycles. The zero-order valence-electron chi connectivity index (χ0n) is 11.9. The van der Waals surface area contributed by atoms with Gasteiger partial charge in [0.2, 0.25) is 0 Å². The topological polar surface area (TPSA) is 24.9 Å². The molecule has 0 radical (unpaired) electrons. The lowest BCUT2D eigenvalue weighted by atomic mass is 9.51. The third kappa shape index (κ3) is 2.58. The molecular formula is C17H23IN2. The minimum absolute atomic E-state index is 0.999. The van der Waals surface area contributed by atoms with Crippen LogP contribution in [0.3, 0.4) is 0 Å². The summed E-state index contributed by atoms with van der Waals surface area (Å²) in [5.41, 5.74) is 0. The van der Waals surface area contributed by atoms with Crippen LogP contribution in [0.2, 0.25) is 0 Å². The molecule has 4 bridgehead atoms. The highest BCUT2D eigenvalue weighted by atomic mass is 127. The first kappa shape index (κ1) is 13.4. The molecule has 4 aliphatic carbocycles. The molecule has 4 fully saturated rings.